The molecule has 1 aromatic carbocycles. The maximum Gasteiger partial charge on any atom is 0.227 e. The highest BCUT2D eigenvalue weighted by Crippen LogP contribution is 2.39. The molecule has 1 fully saturated rings. The van der Waals surface area contributed by atoms with Gasteiger partial charge < -0.3 is 10.6 Å². The third kappa shape index (κ3) is 3.62. The average Bonchev–Trinajstić information content (AvgIpc) is 2.55. The highest BCUT2D eigenvalue weighted by molar-refractivity contribution is 5.93. The summed E-state index contributed by atoms with van der Waals surface area (Å²) in [4.78, 5) is 14.2. The monoisotopic (exact) mass is 285 g/mol. The largest absolute Gasteiger partial charge is 0.330 e. The number of anilines is 1. The van der Waals surface area contributed by atoms with E-state index < -0.39 is 0 Å². The molecule has 0 heterocycles. The summed E-state index contributed by atoms with van der Waals surface area (Å²) in [6, 6.07) is 9.18. The molecule has 1 saturated carbocycles. The molecule has 1 amide bonds. The second kappa shape index (κ2) is 6.73. The zero-order chi connectivity index (χ0) is 15.3. The third-order valence-electron chi connectivity index (χ3n) is 4.63. The summed E-state index contributed by atoms with van der Waals surface area (Å²) < 4.78 is 0. The molecule has 1 aromatic rings. The van der Waals surface area contributed by atoms with Crippen molar-refractivity contribution in [2.75, 3.05) is 18.5 Å². The Morgan fingerprint density at radius 1 is 1.29 bits per heavy atom. The first-order valence-electron chi connectivity index (χ1n) is 7.57. The molecule has 2 N–H and O–H groups in total. The Hall–Kier alpha value is -1.86. The van der Waals surface area contributed by atoms with Crippen LogP contribution in [0, 0.1) is 16.7 Å². The van der Waals surface area contributed by atoms with Crippen LogP contribution in [0.2, 0.25) is 0 Å². The van der Waals surface area contributed by atoms with Gasteiger partial charge in [0.2, 0.25) is 5.91 Å². The van der Waals surface area contributed by atoms with Crippen LogP contribution in [0.25, 0.3) is 0 Å². The predicted octanol–water partition coefficient (Wildman–Crippen LogP) is 2.82. The smallest absolute Gasteiger partial charge is 0.227 e. The Morgan fingerprint density at radius 3 is 2.43 bits per heavy atom. The summed E-state index contributed by atoms with van der Waals surface area (Å²) in [6.45, 7) is 0.583. The molecule has 2 rings (SSSR count). The zero-order valence-corrected chi connectivity index (χ0v) is 12.6. The Bertz CT molecular complexity index is 524. The second-order valence-corrected chi connectivity index (χ2v) is 6.05. The van der Waals surface area contributed by atoms with Crippen LogP contribution in [0.5, 0.6) is 0 Å². The normalized spacial score (nSPS) is 17.0. The molecule has 0 aromatic heterocycles. The number of carbonyl (C=O) groups excluding carboxylic acids is 1. The second-order valence-electron chi connectivity index (χ2n) is 6.05. The molecule has 1 aliphatic rings. The van der Waals surface area contributed by atoms with Gasteiger partial charge in [0.15, 0.2) is 0 Å². The lowest BCUT2D eigenvalue weighted by Crippen LogP contribution is -2.39. The van der Waals surface area contributed by atoms with Gasteiger partial charge in [-0.15, -0.1) is 0 Å². The minimum atomic E-state index is -0.0177. The van der Waals surface area contributed by atoms with E-state index in [-0.39, 0.29) is 11.3 Å². The summed E-state index contributed by atoms with van der Waals surface area (Å²) in [5, 5.41) is 8.81. The lowest BCUT2D eigenvalue weighted by atomic mass is 9.71. The van der Waals surface area contributed by atoms with E-state index in [0.29, 0.717) is 18.5 Å². The molecule has 21 heavy (non-hydrogen) atoms. The summed E-state index contributed by atoms with van der Waals surface area (Å²) in [6.07, 6.45) is 6.21. The van der Waals surface area contributed by atoms with E-state index in [1.54, 1.807) is 24.1 Å². The first kappa shape index (κ1) is 15.5. The quantitative estimate of drug-likeness (QED) is 0.924. The maximum absolute atomic E-state index is 12.5. The summed E-state index contributed by atoms with van der Waals surface area (Å²) in [5.41, 5.74) is 7.36. The average molecular weight is 285 g/mol. The van der Waals surface area contributed by atoms with Gasteiger partial charge in [0, 0.05) is 19.2 Å². The lowest BCUT2D eigenvalue weighted by Gasteiger charge is -2.36. The van der Waals surface area contributed by atoms with E-state index in [9.17, 15) is 4.79 Å². The molecule has 4 nitrogen and oxygen atoms in total. The fourth-order valence-electron chi connectivity index (χ4n) is 3.10. The van der Waals surface area contributed by atoms with Crippen LogP contribution in [0.3, 0.4) is 0 Å². The van der Waals surface area contributed by atoms with Crippen LogP contribution in [0.1, 0.15) is 44.1 Å². The van der Waals surface area contributed by atoms with Crippen molar-refractivity contribution < 1.29 is 4.79 Å². The molecule has 112 valence electrons. The fraction of sp³-hybridized carbons (Fsp3) is 0.529. The van der Waals surface area contributed by atoms with Crippen LogP contribution in [-0.2, 0) is 4.79 Å². The maximum atomic E-state index is 12.5. The van der Waals surface area contributed by atoms with E-state index >= 15 is 0 Å². The Morgan fingerprint density at radius 2 is 1.90 bits per heavy atom. The predicted molar refractivity (Wildman–Crippen MR) is 83.8 cm³/mol. The molecule has 0 atom stereocenters. The van der Waals surface area contributed by atoms with Gasteiger partial charge in [0.05, 0.1) is 11.6 Å². The summed E-state index contributed by atoms with van der Waals surface area (Å²) in [7, 11) is 1.79. The van der Waals surface area contributed by atoms with Gasteiger partial charge >= 0.3 is 0 Å². The molecular formula is C17H23N3O. The first-order valence-corrected chi connectivity index (χ1v) is 7.57. The van der Waals surface area contributed by atoms with Gasteiger partial charge in [0.1, 0.15) is 0 Å². The van der Waals surface area contributed by atoms with E-state index in [0.717, 1.165) is 18.5 Å². The fourth-order valence-corrected chi connectivity index (χ4v) is 3.10. The number of hydrogen-bond donors (Lipinski definition) is 1. The van der Waals surface area contributed by atoms with E-state index in [2.05, 4.69) is 6.07 Å². The minimum absolute atomic E-state index is 0.0177. The molecule has 1 aliphatic carbocycles. The number of nitrogens with two attached hydrogens (primary N) is 1. The summed E-state index contributed by atoms with van der Waals surface area (Å²) >= 11 is 0. The van der Waals surface area contributed by atoms with Crippen molar-refractivity contribution in [1.82, 2.24) is 0 Å². The Labute approximate surface area is 126 Å². The van der Waals surface area contributed by atoms with E-state index in [1.807, 2.05) is 12.1 Å². The van der Waals surface area contributed by atoms with Gasteiger partial charge in [-0.1, -0.05) is 19.3 Å². The standard InChI is InChI=1S/C17H23N3O/c1-20(15-7-5-14(12-18)6-8-15)16(21)11-17(13-19)9-3-2-4-10-17/h5-8H,2-4,9-11,13,19H2,1H3. The van der Waals surface area contributed by atoms with Gasteiger partial charge in [-0.25, -0.2) is 0 Å². The van der Waals surface area contributed by atoms with Gasteiger partial charge in [-0.2, -0.15) is 5.26 Å². The van der Waals surface area contributed by atoms with Crippen LogP contribution < -0.4 is 10.6 Å². The van der Waals surface area contributed by atoms with Crippen LogP contribution in [-0.4, -0.2) is 19.5 Å². The van der Waals surface area contributed by atoms with Gasteiger partial charge in [-0.3, -0.25) is 4.79 Å². The van der Waals surface area contributed by atoms with Crippen molar-refractivity contribution in [3.8, 4) is 6.07 Å². The number of nitrogens with zero attached hydrogens (tertiary/aromatic N) is 2. The third-order valence-corrected chi connectivity index (χ3v) is 4.63. The zero-order valence-electron chi connectivity index (χ0n) is 12.6. The van der Waals surface area contributed by atoms with Gasteiger partial charge in [0.25, 0.3) is 0 Å². The van der Waals surface area contributed by atoms with Gasteiger partial charge in [-0.05, 0) is 49.1 Å². The number of amides is 1. The lowest BCUT2D eigenvalue weighted by molar-refractivity contribution is -0.121. The molecule has 0 saturated heterocycles. The van der Waals surface area contributed by atoms with Crippen molar-refractivity contribution in [3.63, 3.8) is 0 Å². The Balaban J connectivity index is 2.06. The molecule has 0 unspecified atom stereocenters. The van der Waals surface area contributed by atoms with Crippen LogP contribution >= 0.6 is 0 Å². The molecule has 0 spiro atoms. The molecule has 0 bridgehead atoms. The van der Waals surface area contributed by atoms with E-state index in [4.69, 9.17) is 11.0 Å². The molecular weight excluding hydrogens is 262 g/mol. The van der Waals surface area contributed by atoms with Crippen molar-refractivity contribution in [2.45, 2.75) is 38.5 Å². The SMILES string of the molecule is CN(C(=O)CC1(CN)CCCCC1)c1ccc(C#N)cc1. The topological polar surface area (TPSA) is 70.1 Å². The van der Waals surface area contributed by atoms with Crippen LogP contribution in [0.4, 0.5) is 5.69 Å². The number of nitriles is 1. The van der Waals surface area contributed by atoms with Crippen molar-refractivity contribution >= 4 is 11.6 Å². The Kier molecular flexibility index (Phi) is 4.98. The van der Waals surface area contributed by atoms with Crippen molar-refractivity contribution in [2.24, 2.45) is 11.1 Å². The van der Waals surface area contributed by atoms with Crippen LogP contribution in [0.15, 0.2) is 24.3 Å². The number of benzene rings is 1. The van der Waals surface area contributed by atoms with Crippen molar-refractivity contribution in [1.29, 1.82) is 5.26 Å². The summed E-state index contributed by atoms with van der Waals surface area (Å²) in [5.74, 6) is 0.104. The highest BCUT2D eigenvalue weighted by atomic mass is 16.2. The number of hydrogen-bond acceptors (Lipinski definition) is 3. The van der Waals surface area contributed by atoms with E-state index in [1.165, 1.54) is 19.3 Å². The molecule has 0 aliphatic heterocycles. The minimum Gasteiger partial charge on any atom is -0.330 e. The van der Waals surface area contributed by atoms with Crippen molar-refractivity contribution in [3.05, 3.63) is 29.8 Å². The highest BCUT2D eigenvalue weighted by Gasteiger charge is 2.34. The molecule has 4 heteroatoms. The molecule has 0 radical (unpaired) electrons. The number of carbonyl (C=O) groups is 1. The number of rotatable bonds is 4. The first-order chi connectivity index (χ1) is 10.1.